The first-order valence-corrected chi connectivity index (χ1v) is 8.64. The lowest BCUT2D eigenvalue weighted by Crippen LogP contribution is -2.35. The van der Waals surface area contributed by atoms with Gasteiger partial charge in [0.15, 0.2) is 11.5 Å². The lowest BCUT2D eigenvalue weighted by atomic mass is 9.93. The van der Waals surface area contributed by atoms with Crippen LogP contribution in [0, 0.1) is 12.8 Å². The second-order valence-corrected chi connectivity index (χ2v) is 6.62. The number of benzene rings is 1. The number of furan rings is 1. The number of rotatable bonds is 5. The van der Waals surface area contributed by atoms with Gasteiger partial charge in [0.05, 0.1) is 17.5 Å². The molecule has 1 aliphatic rings. The van der Waals surface area contributed by atoms with Crippen LogP contribution in [0.2, 0.25) is 0 Å². The van der Waals surface area contributed by atoms with E-state index in [9.17, 15) is 19.5 Å². The summed E-state index contributed by atoms with van der Waals surface area (Å²) in [5.74, 6) is -1.72. The Morgan fingerprint density at radius 3 is 2.50 bits per heavy atom. The molecule has 6 heteroatoms. The zero-order valence-electron chi connectivity index (χ0n) is 14.7. The van der Waals surface area contributed by atoms with Gasteiger partial charge in [-0.3, -0.25) is 14.4 Å². The quantitative estimate of drug-likeness (QED) is 0.858. The number of aryl methyl sites for hydroxylation is 1. The molecule has 0 saturated carbocycles. The summed E-state index contributed by atoms with van der Waals surface area (Å²) in [5.41, 5.74) is 1.72. The molecular weight excluding hydrogens is 334 g/mol. The van der Waals surface area contributed by atoms with Crippen molar-refractivity contribution in [2.24, 2.45) is 5.92 Å². The minimum absolute atomic E-state index is 0.00920. The van der Waals surface area contributed by atoms with Gasteiger partial charge in [0.2, 0.25) is 0 Å². The molecule has 2 aromatic rings. The van der Waals surface area contributed by atoms with Crippen LogP contribution in [0.15, 0.2) is 34.7 Å². The van der Waals surface area contributed by atoms with Gasteiger partial charge in [-0.05, 0) is 25.8 Å². The zero-order chi connectivity index (χ0) is 18.8. The van der Waals surface area contributed by atoms with Crippen LogP contribution in [0.3, 0.4) is 0 Å². The van der Waals surface area contributed by atoms with Crippen LogP contribution in [0.5, 0.6) is 0 Å². The Bertz CT molecular complexity index is 853. The molecule has 1 aromatic heterocycles. The van der Waals surface area contributed by atoms with E-state index in [1.54, 1.807) is 38.1 Å². The van der Waals surface area contributed by atoms with E-state index < -0.39 is 23.8 Å². The molecule has 0 bridgehead atoms. The van der Waals surface area contributed by atoms with Crippen LogP contribution in [0.4, 0.5) is 0 Å². The van der Waals surface area contributed by atoms with E-state index in [4.69, 9.17) is 4.42 Å². The third-order valence-corrected chi connectivity index (χ3v) is 4.85. The molecule has 0 fully saturated rings. The first-order chi connectivity index (χ1) is 12.4. The van der Waals surface area contributed by atoms with Crippen LogP contribution >= 0.6 is 0 Å². The van der Waals surface area contributed by atoms with E-state index in [1.165, 1.54) is 0 Å². The molecule has 26 heavy (non-hydrogen) atoms. The van der Waals surface area contributed by atoms with Crippen molar-refractivity contribution in [2.45, 2.75) is 39.2 Å². The Hall–Kier alpha value is -2.89. The van der Waals surface area contributed by atoms with Crippen molar-refractivity contribution in [3.8, 4) is 0 Å². The first-order valence-electron chi connectivity index (χ1n) is 8.64. The molecular formula is C20H21NO5. The molecule has 3 rings (SSSR count). The summed E-state index contributed by atoms with van der Waals surface area (Å²) >= 11 is 0. The van der Waals surface area contributed by atoms with E-state index in [0.717, 1.165) is 0 Å². The fourth-order valence-corrected chi connectivity index (χ4v) is 3.37. The summed E-state index contributed by atoms with van der Waals surface area (Å²) in [6.07, 6.45) is 1.79. The molecule has 136 valence electrons. The van der Waals surface area contributed by atoms with E-state index in [2.05, 4.69) is 5.32 Å². The summed E-state index contributed by atoms with van der Waals surface area (Å²) in [7, 11) is 0. The lowest BCUT2D eigenvalue weighted by Gasteiger charge is -2.22. The molecule has 2 atom stereocenters. The zero-order valence-corrected chi connectivity index (χ0v) is 14.7. The number of carboxylic acids is 1. The second-order valence-electron chi connectivity index (χ2n) is 6.62. The third kappa shape index (κ3) is 3.27. The molecule has 0 radical (unpaired) electrons. The average molecular weight is 355 g/mol. The Morgan fingerprint density at radius 2 is 1.88 bits per heavy atom. The fraction of sp³-hybridized carbons (Fsp3) is 0.350. The van der Waals surface area contributed by atoms with Gasteiger partial charge >= 0.3 is 5.97 Å². The van der Waals surface area contributed by atoms with E-state index >= 15 is 0 Å². The van der Waals surface area contributed by atoms with Gasteiger partial charge in [0, 0.05) is 18.4 Å². The number of carbonyl (C=O) groups excluding carboxylic acids is 2. The summed E-state index contributed by atoms with van der Waals surface area (Å²) in [5, 5.41) is 12.2. The molecule has 0 aliphatic heterocycles. The van der Waals surface area contributed by atoms with Crippen molar-refractivity contribution in [1.29, 1.82) is 0 Å². The second kappa shape index (κ2) is 7.15. The summed E-state index contributed by atoms with van der Waals surface area (Å²) in [6, 6.07) is 8.24. The number of fused-ring (bicyclic) bond motifs is 1. The van der Waals surface area contributed by atoms with Gasteiger partial charge in [-0.25, -0.2) is 0 Å². The maximum atomic E-state index is 12.8. The maximum Gasteiger partial charge on any atom is 0.308 e. The number of Topliss-reactive ketones (excluding diaryl/α,β-unsaturated/α-hetero) is 1. The summed E-state index contributed by atoms with van der Waals surface area (Å²) in [6.45, 7) is 3.24. The average Bonchev–Trinajstić information content (AvgIpc) is 2.97. The van der Waals surface area contributed by atoms with Crippen LogP contribution < -0.4 is 5.32 Å². The van der Waals surface area contributed by atoms with Crippen LogP contribution in [0.1, 0.15) is 63.6 Å². The largest absolute Gasteiger partial charge is 0.481 e. The molecule has 2 N–H and O–H groups in total. The van der Waals surface area contributed by atoms with E-state index in [-0.39, 0.29) is 11.5 Å². The molecule has 1 amide bonds. The number of nitrogens with one attached hydrogen (secondary N) is 1. The number of amides is 1. The Balaban J connectivity index is 1.92. The number of hydrogen-bond acceptors (Lipinski definition) is 4. The van der Waals surface area contributed by atoms with Gasteiger partial charge in [-0.15, -0.1) is 0 Å². The minimum Gasteiger partial charge on any atom is -0.481 e. The predicted octanol–water partition coefficient (Wildman–Crippen LogP) is 3.30. The van der Waals surface area contributed by atoms with Gasteiger partial charge in [0.25, 0.3) is 5.91 Å². The van der Waals surface area contributed by atoms with Crippen LogP contribution in [-0.2, 0) is 11.2 Å². The van der Waals surface area contributed by atoms with Crippen molar-refractivity contribution >= 4 is 17.7 Å². The van der Waals surface area contributed by atoms with Gasteiger partial charge < -0.3 is 14.8 Å². The molecule has 0 saturated heterocycles. The van der Waals surface area contributed by atoms with Gasteiger partial charge in [0.1, 0.15) is 5.76 Å². The third-order valence-electron chi connectivity index (χ3n) is 4.85. The highest BCUT2D eigenvalue weighted by Gasteiger charge is 2.32. The van der Waals surface area contributed by atoms with Gasteiger partial charge in [-0.1, -0.05) is 30.3 Å². The molecule has 0 spiro atoms. The number of hydrogen-bond donors (Lipinski definition) is 2. The van der Waals surface area contributed by atoms with Crippen molar-refractivity contribution in [3.05, 3.63) is 58.5 Å². The fourth-order valence-electron chi connectivity index (χ4n) is 3.37. The summed E-state index contributed by atoms with van der Waals surface area (Å²) < 4.78 is 5.67. The number of carboxylic acid groups (broad SMARTS) is 1. The highest BCUT2D eigenvalue weighted by Crippen LogP contribution is 2.30. The smallest absolute Gasteiger partial charge is 0.308 e. The number of aliphatic carboxylic acids is 1. The standard InChI is InChI=1S/C20H21NO5/c1-11-16-14(22)9-6-10-15(16)26-18(11)19(23)21-17(12(2)20(24)25)13-7-4-3-5-8-13/h3-5,7-8,12,17H,6,9-10H2,1-2H3,(H,21,23)(H,24,25). The molecule has 1 aromatic carbocycles. The molecule has 6 nitrogen and oxygen atoms in total. The normalized spacial score (nSPS) is 15.8. The highest BCUT2D eigenvalue weighted by molar-refractivity contribution is 6.03. The van der Waals surface area contributed by atoms with Crippen molar-refractivity contribution in [3.63, 3.8) is 0 Å². The van der Waals surface area contributed by atoms with Crippen molar-refractivity contribution < 1.29 is 23.9 Å². The number of ketones is 1. The Kier molecular flexibility index (Phi) is 4.93. The molecule has 2 unspecified atom stereocenters. The topological polar surface area (TPSA) is 96.6 Å². The maximum absolute atomic E-state index is 12.8. The lowest BCUT2D eigenvalue weighted by molar-refractivity contribution is -0.142. The van der Waals surface area contributed by atoms with Gasteiger partial charge in [-0.2, -0.15) is 0 Å². The molecule has 1 aliphatic carbocycles. The van der Waals surface area contributed by atoms with Crippen LogP contribution in [0.25, 0.3) is 0 Å². The minimum atomic E-state index is -1.01. The Labute approximate surface area is 151 Å². The Morgan fingerprint density at radius 1 is 1.19 bits per heavy atom. The first kappa shape index (κ1) is 17.9. The van der Waals surface area contributed by atoms with Crippen LogP contribution in [-0.4, -0.2) is 22.8 Å². The SMILES string of the molecule is Cc1c(C(=O)NC(c2ccccc2)C(C)C(=O)O)oc2c1C(=O)CCC2. The molecule has 1 heterocycles. The van der Waals surface area contributed by atoms with Crippen molar-refractivity contribution in [1.82, 2.24) is 5.32 Å². The summed E-state index contributed by atoms with van der Waals surface area (Å²) in [4.78, 5) is 36.4. The predicted molar refractivity (Wildman–Crippen MR) is 94.2 cm³/mol. The number of carbonyl (C=O) groups is 3. The van der Waals surface area contributed by atoms with E-state index in [0.29, 0.717) is 41.7 Å². The van der Waals surface area contributed by atoms with E-state index in [1.807, 2.05) is 6.07 Å². The highest BCUT2D eigenvalue weighted by atomic mass is 16.4. The monoisotopic (exact) mass is 355 g/mol. The van der Waals surface area contributed by atoms with Crippen molar-refractivity contribution in [2.75, 3.05) is 0 Å².